The van der Waals surface area contributed by atoms with Gasteiger partial charge in [0.1, 0.15) is 6.04 Å². The number of hydrogen-bond donors (Lipinski definition) is 5. The molecule has 41 heavy (non-hydrogen) atoms. The minimum absolute atomic E-state index is 0.0400. The van der Waals surface area contributed by atoms with Gasteiger partial charge in [0.15, 0.2) is 12.1 Å². The van der Waals surface area contributed by atoms with E-state index in [9.17, 15) is 29.1 Å². The number of carbonyl (C=O) groups is 5. The summed E-state index contributed by atoms with van der Waals surface area (Å²) in [6.07, 6.45) is 1.43. The van der Waals surface area contributed by atoms with Gasteiger partial charge in [0, 0.05) is 12.5 Å². The number of Topliss-reactive ketones (excluding diaryl/α,β-unsaturated/α-hetero) is 2. The van der Waals surface area contributed by atoms with Crippen molar-refractivity contribution in [3.63, 3.8) is 0 Å². The van der Waals surface area contributed by atoms with Crippen molar-refractivity contribution in [3.05, 3.63) is 0 Å². The zero-order valence-corrected chi connectivity index (χ0v) is 26.3. The van der Waals surface area contributed by atoms with Crippen LogP contribution in [0.25, 0.3) is 0 Å². The first-order valence-electron chi connectivity index (χ1n) is 15.0. The van der Waals surface area contributed by atoms with Gasteiger partial charge >= 0.3 is 0 Å². The van der Waals surface area contributed by atoms with Gasteiger partial charge < -0.3 is 21.1 Å². The van der Waals surface area contributed by atoms with Gasteiger partial charge in [-0.1, -0.05) is 75.2 Å². The number of aliphatic hydroxyl groups excluding tert-OH is 1. The predicted octanol–water partition coefficient (Wildman–Crippen LogP) is 1.32. The Bertz CT molecular complexity index is 971. The molecule has 2 rings (SSSR count). The van der Waals surface area contributed by atoms with Crippen LogP contribution in [0, 0.1) is 35.0 Å². The number of nitrogens with one attached hydrogen (secondary N) is 3. The van der Waals surface area contributed by atoms with Crippen LogP contribution in [0.5, 0.6) is 0 Å². The van der Waals surface area contributed by atoms with Gasteiger partial charge in [-0.15, -0.1) is 0 Å². The molecule has 0 radical (unpaired) electrons. The van der Waals surface area contributed by atoms with Gasteiger partial charge in [-0.2, -0.15) is 0 Å². The van der Waals surface area contributed by atoms with Crippen LogP contribution in [0.4, 0.5) is 0 Å². The average Bonchev–Trinajstić information content (AvgIpc) is 3.56. The molecule has 0 bridgehead atoms. The third-order valence-electron chi connectivity index (χ3n) is 8.31. The zero-order valence-electron chi connectivity index (χ0n) is 26.3. The lowest BCUT2D eigenvalue weighted by atomic mass is 9.84. The molecule has 1 saturated heterocycles. The van der Waals surface area contributed by atoms with E-state index in [0.29, 0.717) is 19.4 Å². The molecule has 11 nitrogen and oxygen atoms in total. The topological polar surface area (TPSA) is 171 Å². The number of hydrogen-bond acceptors (Lipinski definition) is 8. The summed E-state index contributed by atoms with van der Waals surface area (Å²) in [5, 5.41) is 19.6. The van der Waals surface area contributed by atoms with Gasteiger partial charge in [0.05, 0.1) is 18.1 Å². The number of nitrogens with two attached hydrogens (primary N) is 1. The quantitative estimate of drug-likeness (QED) is 0.143. The summed E-state index contributed by atoms with van der Waals surface area (Å²) >= 11 is 0. The second kappa shape index (κ2) is 14.2. The summed E-state index contributed by atoms with van der Waals surface area (Å²) in [5.41, 5.74) is 4.61. The molecular weight excluding hydrogens is 526 g/mol. The van der Waals surface area contributed by atoms with Gasteiger partial charge in [0.25, 0.3) is 5.91 Å². The standard InChI is InChI=1S/C30H53N5O6/c1-15(2)19-12-13-35(22(19)27(39)32-20(14-18-10-11-18)24(37)26(31)38)28(40)25(30(7,8)9)34-29(41)33-21(16(3)4)23(36)17(5)6/h15-22,25,29,33-34,41H,10-14H2,1-9H3,(H2,31,38)(H,32,39)/t19-,20?,21+,22+,25-,29?/m1/s1. The van der Waals surface area contributed by atoms with Crippen LogP contribution in [-0.4, -0.2) is 76.4 Å². The van der Waals surface area contributed by atoms with Crippen LogP contribution in [-0.2, 0) is 24.0 Å². The summed E-state index contributed by atoms with van der Waals surface area (Å²) in [7, 11) is 0. The third-order valence-corrected chi connectivity index (χ3v) is 8.31. The molecule has 2 fully saturated rings. The fourth-order valence-corrected chi connectivity index (χ4v) is 5.64. The van der Waals surface area contributed by atoms with Crippen LogP contribution >= 0.6 is 0 Å². The van der Waals surface area contributed by atoms with Crippen molar-refractivity contribution >= 4 is 29.3 Å². The highest BCUT2D eigenvalue weighted by atomic mass is 16.3. The van der Waals surface area contributed by atoms with Crippen LogP contribution in [0.1, 0.15) is 88.0 Å². The van der Waals surface area contributed by atoms with E-state index in [2.05, 4.69) is 16.0 Å². The molecule has 234 valence electrons. The van der Waals surface area contributed by atoms with Crippen LogP contribution in [0.3, 0.4) is 0 Å². The molecule has 1 aliphatic heterocycles. The molecule has 6 atom stereocenters. The largest absolute Gasteiger partial charge is 0.365 e. The molecule has 1 aliphatic carbocycles. The van der Waals surface area contributed by atoms with E-state index in [1.54, 1.807) is 13.8 Å². The maximum atomic E-state index is 14.1. The van der Waals surface area contributed by atoms with E-state index in [4.69, 9.17) is 5.73 Å². The SMILES string of the molecule is CC(C)C(=O)[C@@H](NC(O)N[C@H](C(=O)N1CC[C@H](C(C)C)[C@H]1C(=O)NC(CC1CC1)C(=O)C(N)=O)C(C)(C)C)C(C)C. The highest BCUT2D eigenvalue weighted by Gasteiger charge is 2.48. The molecule has 11 heteroatoms. The van der Waals surface area contributed by atoms with Crippen molar-refractivity contribution < 1.29 is 29.1 Å². The highest BCUT2D eigenvalue weighted by Crippen LogP contribution is 2.35. The molecular formula is C30H53N5O6. The van der Waals surface area contributed by atoms with Crippen molar-refractivity contribution in [1.29, 1.82) is 0 Å². The summed E-state index contributed by atoms with van der Waals surface area (Å²) in [6.45, 7) is 17.2. The maximum Gasteiger partial charge on any atom is 0.287 e. The van der Waals surface area contributed by atoms with E-state index in [1.807, 2.05) is 48.5 Å². The molecule has 0 aromatic rings. The number of aliphatic hydroxyl groups is 1. The Labute approximate surface area is 245 Å². The van der Waals surface area contributed by atoms with Crippen LogP contribution in [0.15, 0.2) is 0 Å². The number of amides is 3. The Morgan fingerprint density at radius 1 is 0.951 bits per heavy atom. The normalized spacial score (nSPS) is 22.5. The smallest absolute Gasteiger partial charge is 0.287 e. The van der Waals surface area contributed by atoms with Gasteiger partial charge in [-0.3, -0.25) is 34.6 Å². The van der Waals surface area contributed by atoms with E-state index >= 15 is 0 Å². The van der Waals surface area contributed by atoms with Gasteiger partial charge in [0.2, 0.25) is 17.6 Å². The molecule has 0 spiro atoms. The minimum atomic E-state index is -1.36. The summed E-state index contributed by atoms with van der Waals surface area (Å²) in [4.78, 5) is 66.4. The molecule has 1 heterocycles. The molecule has 6 N–H and O–H groups in total. The van der Waals surface area contributed by atoms with Crippen LogP contribution < -0.4 is 21.7 Å². The number of nitrogens with zero attached hydrogens (tertiary/aromatic N) is 1. The van der Waals surface area contributed by atoms with Crippen molar-refractivity contribution in [1.82, 2.24) is 20.9 Å². The number of likely N-dealkylation sites (tertiary alicyclic amines) is 1. The van der Waals surface area contributed by atoms with Crippen molar-refractivity contribution in [2.75, 3.05) is 6.54 Å². The monoisotopic (exact) mass is 579 g/mol. The Morgan fingerprint density at radius 2 is 1.54 bits per heavy atom. The lowest BCUT2D eigenvalue weighted by molar-refractivity contribution is -0.146. The van der Waals surface area contributed by atoms with E-state index in [-0.39, 0.29) is 41.3 Å². The Kier molecular flexibility index (Phi) is 12.1. The van der Waals surface area contributed by atoms with Crippen LogP contribution in [0.2, 0.25) is 0 Å². The number of ketones is 2. The molecule has 0 aromatic heterocycles. The van der Waals surface area contributed by atoms with Crippen molar-refractivity contribution in [2.45, 2.75) is 119 Å². The summed E-state index contributed by atoms with van der Waals surface area (Å²) < 4.78 is 0. The Morgan fingerprint density at radius 3 is 1.98 bits per heavy atom. The summed E-state index contributed by atoms with van der Waals surface area (Å²) in [6, 6.07) is -3.39. The third kappa shape index (κ3) is 9.31. The fourth-order valence-electron chi connectivity index (χ4n) is 5.64. The zero-order chi connectivity index (χ0) is 31.4. The molecule has 3 amide bonds. The van der Waals surface area contributed by atoms with E-state index in [1.165, 1.54) is 4.90 Å². The summed E-state index contributed by atoms with van der Waals surface area (Å²) in [5.74, 6) is -2.97. The fraction of sp³-hybridized carbons (Fsp3) is 0.833. The lowest BCUT2D eigenvalue weighted by Gasteiger charge is -2.38. The second-order valence-corrected chi connectivity index (χ2v) is 14.0. The average molecular weight is 580 g/mol. The maximum absolute atomic E-state index is 14.1. The Balaban J connectivity index is 2.31. The second-order valence-electron chi connectivity index (χ2n) is 14.0. The molecule has 2 unspecified atom stereocenters. The molecule has 1 saturated carbocycles. The molecule has 2 aliphatic rings. The Hall–Kier alpha value is -2.37. The van der Waals surface area contributed by atoms with Crippen molar-refractivity contribution in [2.24, 2.45) is 40.7 Å². The van der Waals surface area contributed by atoms with E-state index in [0.717, 1.165) is 12.8 Å². The predicted molar refractivity (Wildman–Crippen MR) is 156 cm³/mol. The van der Waals surface area contributed by atoms with E-state index < -0.39 is 53.5 Å². The lowest BCUT2D eigenvalue weighted by Crippen LogP contribution is -2.63. The minimum Gasteiger partial charge on any atom is -0.365 e. The first kappa shape index (κ1) is 34.8. The highest BCUT2D eigenvalue weighted by molar-refractivity contribution is 6.37. The number of primary amides is 1. The number of rotatable bonds is 15. The van der Waals surface area contributed by atoms with Crippen molar-refractivity contribution in [3.8, 4) is 0 Å². The number of carbonyl (C=O) groups excluding carboxylic acids is 5. The molecule has 0 aromatic carbocycles. The van der Waals surface area contributed by atoms with Gasteiger partial charge in [-0.05, 0) is 41.9 Å². The first-order valence-corrected chi connectivity index (χ1v) is 15.0. The first-order chi connectivity index (χ1) is 18.9. The van der Waals surface area contributed by atoms with Gasteiger partial charge in [-0.25, -0.2) is 0 Å².